The molecular formula is C26H22N2O4. The topological polar surface area (TPSA) is 72.6 Å². The maximum absolute atomic E-state index is 13.5. The zero-order valence-corrected chi connectivity index (χ0v) is 17.7. The Kier molecular flexibility index (Phi) is 5.19. The molecule has 160 valence electrons. The highest BCUT2D eigenvalue weighted by Crippen LogP contribution is 2.39. The standard InChI is InChI=1S/C26H22N2O4/c1-2-13-31-19-9-5-8-18(14-19)23-22-24(29)20-10-3-4-11-21(20)32-25(22)26(30)28(23)16-17-7-6-12-27-15-17/h3-12,14-15,23H,2,13,16H2,1H3. The summed E-state index contributed by atoms with van der Waals surface area (Å²) in [5.41, 5.74) is 2.26. The van der Waals surface area contributed by atoms with Gasteiger partial charge in [-0.15, -0.1) is 0 Å². The van der Waals surface area contributed by atoms with E-state index in [2.05, 4.69) is 4.98 Å². The van der Waals surface area contributed by atoms with Crippen LogP contribution in [0.5, 0.6) is 5.75 Å². The third-order valence-corrected chi connectivity index (χ3v) is 5.60. The van der Waals surface area contributed by atoms with Crippen molar-refractivity contribution >= 4 is 16.9 Å². The number of carbonyl (C=O) groups excluding carboxylic acids is 1. The normalized spacial score (nSPS) is 15.2. The van der Waals surface area contributed by atoms with Crippen LogP contribution in [0.2, 0.25) is 0 Å². The number of benzene rings is 2. The maximum atomic E-state index is 13.5. The number of hydrogen-bond acceptors (Lipinski definition) is 5. The van der Waals surface area contributed by atoms with Crippen molar-refractivity contribution in [3.05, 3.63) is 106 Å². The molecule has 1 unspecified atom stereocenters. The molecular weight excluding hydrogens is 404 g/mol. The molecule has 0 fully saturated rings. The summed E-state index contributed by atoms with van der Waals surface area (Å²) >= 11 is 0. The Bertz CT molecular complexity index is 1350. The van der Waals surface area contributed by atoms with Crippen LogP contribution < -0.4 is 10.2 Å². The van der Waals surface area contributed by atoms with E-state index >= 15 is 0 Å². The molecule has 0 aliphatic carbocycles. The van der Waals surface area contributed by atoms with E-state index in [-0.39, 0.29) is 17.1 Å². The third kappa shape index (κ3) is 3.43. The molecule has 1 amide bonds. The van der Waals surface area contributed by atoms with Crippen LogP contribution in [-0.4, -0.2) is 22.4 Å². The first-order valence-corrected chi connectivity index (χ1v) is 10.7. The first-order chi connectivity index (χ1) is 15.7. The molecule has 2 aromatic heterocycles. The average molecular weight is 426 g/mol. The number of aromatic nitrogens is 1. The van der Waals surface area contributed by atoms with E-state index < -0.39 is 6.04 Å². The Labute approximate surface area is 185 Å². The van der Waals surface area contributed by atoms with E-state index in [4.69, 9.17) is 9.15 Å². The molecule has 6 nitrogen and oxygen atoms in total. The van der Waals surface area contributed by atoms with E-state index in [9.17, 15) is 9.59 Å². The molecule has 2 aromatic carbocycles. The molecule has 0 radical (unpaired) electrons. The van der Waals surface area contributed by atoms with Crippen molar-refractivity contribution in [3.8, 4) is 5.75 Å². The summed E-state index contributed by atoms with van der Waals surface area (Å²) in [6.45, 7) is 2.94. The maximum Gasteiger partial charge on any atom is 0.291 e. The zero-order chi connectivity index (χ0) is 22.1. The third-order valence-electron chi connectivity index (χ3n) is 5.60. The molecule has 0 saturated heterocycles. The minimum absolute atomic E-state index is 0.0995. The van der Waals surface area contributed by atoms with Gasteiger partial charge in [0.2, 0.25) is 5.76 Å². The summed E-state index contributed by atoms with van der Waals surface area (Å²) in [5.74, 6) is 0.496. The van der Waals surface area contributed by atoms with Gasteiger partial charge in [-0.3, -0.25) is 14.6 Å². The lowest BCUT2D eigenvalue weighted by molar-refractivity contribution is 0.0714. The molecule has 3 heterocycles. The molecule has 0 spiro atoms. The number of hydrogen-bond donors (Lipinski definition) is 0. The van der Waals surface area contributed by atoms with E-state index in [0.29, 0.717) is 35.4 Å². The van der Waals surface area contributed by atoms with Gasteiger partial charge in [0.15, 0.2) is 5.43 Å². The van der Waals surface area contributed by atoms with Gasteiger partial charge in [0, 0.05) is 18.9 Å². The Hall–Kier alpha value is -3.93. The summed E-state index contributed by atoms with van der Waals surface area (Å²) in [5, 5.41) is 0.464. The number of carbonyl (C=O) groups is 1. The van der Waals surface area contributed by atoms with Crippen LogP contribution in [0.15, 0.2) is 82.3 Å². The van der Waals surface area contributed by atoms with Crippen LogP contribution in [0.1, 0.15) is 46.6 Å². The second kappa shape index (κ2) is 8.30. The number of nitrogens with zero attached hydrogens (tertiary/aromatic N) is 2. The fourth-order valence-electron chi connectivity index (χ4n) is 4.16. The number of para-hydroxylation sites is 1. The predicted octanol–water partition coefficient (Wildman–Crippen LogP) is 4.72. The van der Waals surface area contributed by atoms with Crippen LogP contribution in [-0.2, 0) is 6.54 Å². The second-order valence-electron chi connectivity index (χ2n) is 7.79. The predicted molar refractivity (Wildman–Crippen MR) is 121 cm³/mol. The van der Waals surface area contributed by atoms with Crippen LogP contribution in [0.4, 0.5) is 0 Å². The zero-order valence-electron chi connectivity index (χ0n) is 17.7. The first kappa shape index (κ1) is 20.0. The van der Waals surface area contributed by atoms with Gasteiger partial charge in [-0.05, 0) is 47.9 Å². The summed E-state index contributed by atoms with van der Waals surface area (Å²) < 4.78 is 11.8. The fourth-order valence-corrected chi connectivity index (χ4v) is 4.16. The molecule has 0 N–H and O–H groups in total. The number of pyridine rings is 1. The van der Waals surface area contributed by atoms with Gasteiger partial charge < -0.3 is 14.1 Å². The van der Waals surface area contributed by atoms with Gasteiger partial charge in [-0.25, -0.2) is 0 Å². The van der Waals surface area contributed by atoms with Crippen molar-refractivity contribution in [2.75, 3.05) is 6.61 Å². The van der Waals surface area contributed by atoms with Gasteiger partial charge in [0.1, 0.15) is 11.3 Å². The summed E-state index contributed by atoms with van der Waals surface area (Å²) in [4.78, 5) is 32.8. The van der Waals surface area contributed by atoms with Crippen molar-refractivity contribution in [1.29, 1.82) is 0 Å². The van der Waals surface area contributed by atoms with Crippen LogP contribution in [0.3, 0.4) is 0 Å². The summed E-state index contributed by atoms with van der Waals surface area (Å²) in [6.07, 6.45) is 4.30. The lowest BCUT2D eigenvalue weighted by Crippen LogP contribution is -2.29. The molecule has 5 rings (SSSR count). The average Bonchev–Trinajstić information content (AvgIpc) is 3.10. The van der Waals surface area contributed by atoms with Gasteiger partial charge in [0.25, 0.3) is 5.91 Å². The Balaban J connectivity index is 1.68. The Morgan fingerprint density at radius 3 is 2.75 bits per heavy atom. The van der Waals surface area contributed by atoms with Crippen molar-refractivity contribution in [3.63, 3.8) is 0 Å². The Morgan fingerprint density at radius 2 is 1.94 bits per heavy atom. The Morgan fingerprint density at radius 1 is 1.06 bits per heavy atom. The molecule has 6 heteroatoms. The second-order valence-corrected chi connectivity index (χ2v) is 7.79. The van der Waals surface area contributed by atoms with Crippen molar-refractivity contribution in [2.24, 2.45) is 0 Å². The van der Waals surface area contributed by atoms with Gasteiger partial charge in [-0.1, -0.05) is 37.3 Å². The van der Waals surface area contributed by atoms with Crippen molar-refractivity contribution in [2.45, 2.75) is 25.9 Å². The van der Waals surface area contributed by atoms with Crippen molar-refractivity contribution < 1.29 is 13.9 Å². The van der Waals surface area contributed by atoms with Crippen LogP contribution >= 0.6 is 0 Å². The smallest absolute Gasteiger partial charge is 0.291 e. The number of fused-ring (bicyclic) bond motifs is 2. The fraction of sp³-hybridized carbons (Fsp3) is 0.192. The SMILES string of the molecule is CCCOc1cccc(C2c3c(oc4ccccc4c3=O)C(=O)N2Cc2cccnc2)c1. The monoisotopic (exact) mass is 426 g/mol. The van der Waals surface area contributed by atoms with Crippen LogP contribution in [0.25, 0.3) is 11.0 Å². The van der Waals surface area contributed by atoms with Gasteiger partial charge in [-0.2, -0.15) is 0 Å². The van der Waals surface area contributed by atoms with Crippen molar-refractivity contribution in [1.82, 2.24) is 9.88 Å². The van der Waals surface area contributed by atoms with E-state index in [1.807, 2.05) is 43.3 Å². The molecule has 1 aliphatic rings. The molecule has 0 bridgehead atoms. The summed E-state index contributed by atoms with van der Waals surface area (Å²) in [7, 11) is 0. The number of ether oxygens (including phenoxy) is 1. The minimum atomic E-state index is -0.580. The van der Waals surface area contributed by atoms with Crippen LogP contribution in [0, 0.1) is 0 Å². The number of rotatable bonds is 6. The lowest BCUT2D eigenvalue weighted by atomic mass is 9.98. The molecule has 1 aliphatic heterocycles. The highest BCUT2D eigenvalue weighted by atomic mass is 16.5. The quantitative estimate of drug-likeness (QED) is 0.446. The molecule has 0 saturated carbocycles. The largest absolute Gasteiger partial charge is 0.494 e. The first-order valence-electron chi connectivity index (χ1n) is 10.7. The van der Waals surface area contributed by atoms with Gasteiger partial charge >= 0.3 is 0 Å². The molecule has 32 heavy (non-hydrogen) atoms. The number of amides is 1. The van der Waals surface area contributed by atoms with E-state index in [1.54, 1.807) is 41.6 Å². The highest BCUT2D eigenvalue weighted by molar-refractivity contribution is 5.99. The molecule has 4 aromatic rings. The van der Waals surface area contributed by atoms with Gasteiger partial charge in [0.05, 0.1) is 23.6 Å². The van der Waals surface area contributed by atoms with E-state index in [0.717, 1.165) is 17.5 Å². The lowest BCUT2D eigenvalue weighted by Gasteiger charge is -2.25. The van der Waals surface area contributed by atoms with E-state index in [1.165, 1.54) is 0 Å². The molecule has 1 atom stereocenters. The summed E-state index contributed by atoms with van der Waals surface area (Å²) in [6, 6.07) is 17.8. The minimum Gasteiger partial charge on any atom is -0.494 e. The highest BCUT2D eigenvalue weighted by Gasteiger charge is 2.42.